The molecule has 0 aromatic carbocycles. The minimum Gasteiger partial charge on any atom is -0.337 e. The van der Waals surface area contributed by atoms with Gasteiger partial charge in [0.05, 0.1) is 0 Å². The van der Waals surface area contributed by atoms with Gasteiger partial charge in [-0.3, -0.25) is 0 Å². The molecule has 0 saturated heterocycles. The van der Waals surface area contributed by atoms with Crippen LogP contribution in [0.25, 0.3) is 0 Å². The van der Waals surface area contributed by atoms with Gasteiger partial charge >= 0.3 is 5.60 Å². The van der Waals surface area contributed by atoms with Crippen molar-refractivity contribution in [1.29, 1.82) is 15.8 Å². The van der Waals surface area contributed by atoms with Crippen LogP contribution in [0.5, 0.6) is 0 Å². The number of ether oxygens (including phenoxy) is 1. The lowest BCUT2D eigenvalue weighted by molar-refractivity contribution is 0.0888. The van der Waals surface area contributed by atoms with E-state index in [2.05, 4.69) is 4.74 Å². The molecule has 0 atom stereocenters. The van der Waals surface area contributed by atoms with E-state index >= 15 is 0 Å². The van der Waals surface area contributed by atoms with Crippen molar-refractivity contribution >= 4 is 0 Å². The van der Waals surface area contributed by atoms with Crippen molar-refractivity contribution in [1.82, 2.24) is 0 Å². The molecule has 0 spiro atoms. The molecule has 0 aliphatic heterocycles. The van der Waals surface area contributed by atoms with Crippen molar-refractivity contribution in [2.75, 3.05) is 6.61 Å². The van der Waals surface area contributed by atoms with Gasteiger partial charge in [0.25, 0.3) is 0 Å². The van der Waals surface area contributed by atoms with Gasteiger partial charge in [0.15, 0.2) is 0 Å². The first kappa shape index (κ1) is 8.43. The Morgan fingerprint density at radius 2 is 1.60 bits per heavy atom. The van der Waals surface area contributed by atoms with E-state index in [9.17, 15) is 0 Å². The molecule has 4 nitrogen and oxygen atoms in total. The van der Waals surface area contributed by atoms with Gasteiger partial charge in [-0.05, 0) is 6.92 Å². The first-order chi connectivity index (χ1) is 4.74. The SMILES string of the molecule is CCOC(C#N)(C#N)C#N. The number of rotatable bonds is 2. The predicted octanol–water partition coefficient (Wildman–Crippen LogP) is 0.332. The Bertz CT molecular complexity index is 191. The second-order valence-corrected chi connectivity index (χ2v) is 1.45. The molecule has 0 radical (unpaired) electrons. The standard InChI is InChI=1S/C6H5N3O/c1-2-10-6(3-7,4-8)5-9/h2H2,1H3. The molecule has 10 heavy (non-hydrogen) atoms. The molecule has 0 unspecified atom stereocenters. The molecule has 0 rings (SSSR count). The Kier molecular flexibility index (Phi) is 2.91. The molecule has 0 saturated carbocycles. The highest BCUT2D eigenvalue weighted by atomic mass is 16.5. The van der Waals surface area contributed by atoms with E-state index in [1.807, 2.05) is 0 Å². The van der Waals surface area contributed by atoms with E-state index in [0.29, 0.717) is 0 Å². The summed E-state index contributed by atoms with van der Waals surface area (Å²) in [4.78, 5) is 0. The van der Waals surface area contributed by atoms with Crippen LogP contribution in [0.4, 0.5) is 0 Å². The second-order valence-electron chi connectivity index (χ2n) is 1.45. The Hall–Kier alpha value is -1.57. The maximum absolute atomic E-state index is 8.29. The lowest BCUT2D eigenvalue weighted by atomic mass is 10.1. The van der Waals surface area contributed by atoms with E-state index in [1.54, 1.807) is 6.92 Å². The monoisotopic (exact) mass is 135 g/mol. The topological polar surface area (TPSA) is 80.6 Å². The summed E-state index contributed by atoms with van der Waals surface area (Å²) in [6.45, 7) is 1.79. The lowest BCUT2D eigenvalue weighted by Crippen LogP contribution is -2.26. The summed E-state index contributed by atoms with van der Waals surface area (Å²) in [5, 5.41) is 24.9. The number of hydrogen-bond acceptors (Lipinski definition) is 4. The highest BCUT2D eigenvalue weighted by Gasteiger charge is 2.29. The highest BCUT2D eigenvalue weighted by molar-refractivity contribution is 5.29. The molecule has 0 N–H and O–H groups in total. The average Bonchev–Trinajstić information content (AvgIpc) is 2.01. The lowest BCUT2D eigenvalue weighted by Gasteiger charge is -2.06. The van der Waals surface area contributed by atoms with Crippen LogP contribution in [-0.4, -0.2) is 12.2 Å². The van der Waals surface area contributed by atoms with Crippen LogP contribution < -0.4 is 0 Å². The molecule has 4 heteroatoms. The van der Waals surface area contributed by atoms with Gasteiger partial charge in [0.2, 0.25) is 0 Å². The number of nitrogens with zero attached hydrogens (tertiary/aromatic N) is 3. The van der Waals surface area contributed by atoms with E-state index in [1.165, 1.54) is 18.2 Å². The van der Waals surface area contributed by atoms with Crippen LogP contribution in [0.1, 0.15) is 6.92 Å². The molecular formula is C6H5N3O. The van der Waals surface area contributed by atoms with Gasteiger partial charge in [-0.15, -0.1) is 0 Å². The van der Waals surface area contributed by atoms with E-state index in [0.717, 1.165) is 0 Å². The van der Waals surface area contributed by atoms with Crippen LogP contribution in [-0.2, 0) is 4.74 Å². The fourth-order valence-corrected chi connectivity index (χ4v) is 0.388. The fraction of sp³-hybridized carbons (Fsp3) is 0.500. The van der Waals surface area contributed by atoms with Crippen molar-refractivity contribution in [2.45, 2.75) is 12.5 Å². The molecule has 0 bridgehead atoms. The number of nitriles is 3. The van der Waals surface area contributed by atoms with Crippen molar-refractivity contribution in [3.05, 3.63) is 0 Å². The van der Waals surface area contributed by atoms with Crippen molar-refractivity contribution in [3.8, 4) is 18.2 Å². The van der Waals surface area contributed by atoms with E-state index in [-0.39, 0.29) is 6.61 Å². The molecule has 0 aliphatic carbocycles. The zero-order valence-corrected chi connectivity index (χ0v) is 5.46. The van der Waals surface area contributed by atoms with Gasteiger partial charge < -0.3 is 4.74 Å². The van der Waals surface area contributed by atoms with Gasteiger partial charge in [-0.2, -0.15) is 15.8 Å². The third-order valence-electron chi connectivity index (χ3n) is 0.833. The largest absolute Gasteiger partial charge is 0.337 e. The first-order valence-electron chi connectivity index (χ1n) is 2.62. The van der Waals surface area contributed by atoms with E-state index < -0.39 is 5.60 Å². The highest BCUT2D eigenvalue weighted by Crippen LogP contribution is 2.05. The zero-order valence-electron chi connectivity index (χ0n) is 5.46. The third kappa shape index (κ3) is 1.45. The summed E-state index contributed by atoms with van der Waals surface area (Å²) in [7, 11) is 0. The zero-order chi connectivity index (χ0) is 8.04. The maximum Gasteiger partial charge on any atom is 0.328 e. The second kappa shape index (κ2) is 3.45. The normalized spacial score (nSPS) is 9.00. The van der Waals surface area contributed by atoms with Crippen LogP contribution >= 0.6 is 0 Å². The smallest absolute Gasteiger partial charge is 0.328 e. The van der Waals surface area contributed by atoms with Crippen molar-refractivity contribution < 1.29 is 4.74 Å². The quantitative estimate of drug-likeness (QED) is 0.546. The molecule has 0 aromatic heterocycles. The van der Waals surface area contributed by atoms with Crippen LogP contribution in [0.2, 0.25) is 0 Å². The molecule has 0 aliphatic rings. The molecular weight excluding hydrogens is 130 g/mol. The Balaban J connectivity index is 4.45. The van der Waals surface area contributed by atoms with Gasteiger partial charge in [-0.25, -0.2) is 0 Å². The average molecular weight is 135 g/mol. The fourth-order valence-electron chi connectivity index (χ4n) is 0.388. The van der Waals surface area contributed by atoms with Crippen LogP contribution in [0.15, 0.2) is 0 Å². The summed E-state index contributed by atoms with van der Waals surface area (Å²) in [6, 6.07) is 4.41. The number of hydrogen-bond donors (Lipinski definition) is 0. The minimum atomic E-state index is -1.91. The summed E-state index contributed by atoms with van der Waals surface area (Å²) in [6.07, 6.45) is 0. The Labute approximate surface area is 58.9 Å². The third-order valence-corrected chi connectivity index (χ3v) is 0.833. The summed E-state index contributed by atoms with van der Waals surface area (Å²) in [5.74, 6) is 0. The van der Waals surface area contributed by atoms with Crippen LogP contribution in [0, 0.1) is 34.0 Å². The molecule has 0 amide bonds. The Morgan fingerprint density at radius 3 is 1.70 bits per heavy atom. The van der Waals surface area contributed by atoms with Gasteiger partial charge in [0, 0.05) is 6.61 Å². The molecule has 0 aromatic rings. The predicted molar refractivity (Wildman–Crippen MR) is 31.2 cm³/mol. The summed E-state index contributed by atoms with van der Waals surface area (Å²) in [5.41, 5.74) is -1.91. The molecule has 0 fully saturated rings. The van der Waals surface area contributed by atoms with Gasteiger partial charge in [-0.1, -0.05) is 0 Å². The van der Waals surface area contributed by atoms with Crippen molar-refractivity contribution in [2.24, 2.45) is 0 Å². The Morgan fingerprint density at radius 1 is 1.20 bits per heavy atom. The first-order valence-corrected chi connectivity index (χ1v) is 2.62. The summed E-state index contributed by atoms with van der Waals surface area (Å²) >= 11 is 0. The molecule has 50 valence electrons. The maximum atomic E-state index is 8.29. The summed E-state index contributed by atoms with van der Waals surface area (Å²) < 4.78 is 4.59. The van der Waals surface area contributed by atoms with Crippen molar-refractivity contribution in [3.63, 3.8) is 0 Å². The molecule has 0 heterocycles. The van der Waals surface area contributed by atoms with Gasteiger partial charge in [0.1, 0.15) is 18.2 Å². The van der Waals surface area contributed by atoms with Crippen LogP contribution in [0.3, 0.4) is 0 Å². The minimum absolute atomic E-state index is 0.175. The van der Waals surface area contributed by atoms with E-state index in [4.69, 9.17) is 15.8 Å².